The van der Waals surface area contributed by atoms with Gasteiger partial charge in [0.05, 0.1) is 15.3 Å². The van der Waals surface area contributed by atoms with E-state index in [1.54, 1.807) is 28.4 Å². The molecule has 30 heavy (non-hydrogen) atoms. The number of nitrogens with zero attached hydrogens (tertiary/aromatic N) is 3. The van der Waals surface area contributed by atoms with Gasteiger partial charge in [-0.2, -0.15) is 9.57 Å². The van der Waals surface area contributed by atoms with Gasteiger partial charge in [-0.3, -0.25) is 4.79 Å². The zero-order valence-electron chi connectivity index (χ0n) is 16.8. The summed E-state index contributed by atoms with van der Waals surface area (Å²) >= 11 is 1.61. The summed E-state index contributed by atoms with van der Waals surface area (Å²) in [4.78, 5) is 16.9. The maximum atomic E-state index is 13.0. The third kappa shape index (κ3) is 4.15. The van der Waals surface area contributed by atoms with Gasteiger partial charge in [0, 0.05) is 31.1 Å². The summed E-state index contributed by atoms with van der Waals surface area (Å²) in [5.74, 6) is 0.00113. The highest BCUT2D eigenvalue weighted by Gasteiger charge is 2.32. The van der Waals surface area contributed by atoms with E-state index in [0.717, 1.165) is 17.7 Å². The Hall–Kier alpha value is -2.21. The number of carbonyl (C=O) groups is 1. The van der Waals surface area contributed by atoms with Crippen LogP contribution in [0.1, 0.15) is 51.4 Å². The van der Waals surface area contributed by atoms with Crippen molar-refractivity contribution in [3.8, 4) is 6.07 Å². The first kappa shape index (κ1) is 21.0. The number of carbonyl (C=O) groups excluding carboxylic acids is 1. The van der Waals surface area contributed by atoms with Gasteiger partial charge in [-0.1, -0.05) is 25.0 Å². The van der Waals surface area contributed by atoms with Gasteiger partial charge in [0.25, 0.3) is 5.91 Å². The number of amides is 1. The molecule has 1 fully saturated rings. The minimum absolute atomic E-state index is 0.00113. The van der Waals surface area contributed by atoms with Crippen LogP contribution in [0.25, 0.3) is 0 Å². The van der Waals surface area contributed by atoms with Crippen molar-refractivity contribution < 1.29 is 13.2 Å². The van der Waals surface area contributed by atoms with Crippen molar-refractivity contribution in [1.82, 2.24) is 9.21 Å². The third-order valence-corrected chi connectivity index (χ3v) is 9.04. The van der Waals surface area contributed by atoms with Crippen LogP contribution in [-0.4, -0.2) is 49.7 Å². The van der Waals surface area contributed by atoms with E-state index in [4.69, 9.17) is 0 Å². The first-order chi connectivity index (χ1) is 14.5. The zero-order valence-corrected chi connectivity index (χ0v) is 18.5. The van der Waals surface area contributed by atoms with Crippen molar-refractivity contribution in [2.45, 2.75) is 43.4 Å². The Morgan fingerprint density at radius 1 is 1.00 bits per heavy atom. The van der Waals surface area contributed by atoms with Crippen molar-refractivity contribution in [2.24, 2.45) is 0 Å². The fraction of sp³-hybridized carbons (Fsp3) is 0.455. The Morgan fingerprint density at radius 3 is 2.43 bits per heavy atom. The number of nitriles is 1. The van der Waals surface area contributed by atoms with E-state index in [9.17, 15) is 18.5 Å². The van der Waals surface area contributed by atoms with Gasteiger partial charge in [-0.05, 0) is 49.4 Å². The molecule has 0 N–H and O–H groups in total. The summed E-state index contributed by atoms with van der Waals surface area (Å²) < 4.78 is 27.3. The van der Waals surface area contributed by atoms with Crippen LogP contribution in [0.2, 0.25) is 0 Å². The number of fused-ring (bicyclic) bond motifs is 1. The van der Waals surface area contributed by atoms with E-state index in [0.29, 0.717) is 13.1 Å². The molecule has 0 atom stereocenters. The minimum atomic E-state index is -3.75. The fourth-order valence-corrected chi connectivity index (χ4v) is 6.95. The molecule has 1 aromatic heterocycles. The van der Waals surface area contributed by atoms with Crippen LogP contribution < -0.4 is 0 Å². The third-order valence-electron chi connectivity index (χ3n) is 5.86. The van der Waals surface area contributed by atoms with Crippen molar-refractivity contribution in [3.05, 3.63) is 51.2 Å². The van der Waals surface area contributed by atoms with Crippen molar-refractivity contribution in [1.29, 1.82) is 5.26 Å². The van der Waals surface area contributed by atoms with E-state index in [1.165, 1.54) is 52.6 Å². The second kappa shape index (κ2) is 8.88. The summed E-state index contributed by atoms with van der Waals surface area (Å²) in [6, 6.07) is 10.3. The monoisotopic (exact) mass is 443 g/mol. The molecule has 0 unspecified atom stereocenters. The van der Waals surface area contributed by atoms with E-state index < -0.39 is 10.0 Å². The molecule has 0 radical (unpaired) electrons. The molecule has 158 valence electrons. The molecule has 6 nitrogen and oxygen atoms in total. The summed E-state index contributed by atoms with van der Waals surface area (Å²) in [7, 11) is -3.75. The lowest BCUT2D eigenvalue weighted by Gasteiger charge is -2.33. The van der Waals surface area contributed by atoms with Crippen LogP contribution in [0.15, 0.2) is 35.2 Å². The number of thiophene rings is 1. The fourth-order valence-electron chi connectivity index (χ4n) is 4.16. The van der Waals surface area contributed by atoms with Gasteiger partial charge < -0.3 is 4.90 Å². The molecule has 1 aliphatic carbocycles. The second-order valence-electron chi connectivity index (χ2n) is 7.78. The number of hydrogen-bond acceptors (Lipinski definition) is 5. The molecule has 0 saturated carbocycles. The number of sulfonamides is 1. The van der Waals surface area contributed by atoms with E-state index in [-0.39, 0.29) is 29.5 Å². The summed E-state index contributed by atoms with van der Waals surface area (Å²) in [6.07, 6.45) is 6.97. The predicted molar refractivity (Wildman–Crippen MR) is 116 cm³/mol. The number of hydrogen-bond donors (Lipinski definition) is 0. The SMILES string of the molecule is N#Cc1ccccc1S(=O)(=O)N1CCN(C(=O)c2cc3c(s2)CCCCCC3)CC1. The Bertz CT molecular complexity index is 1050. The smallest absolute Gasteiger partial charge is 0.264 e. The van der Waals surface area contributed by atoms with Crippen LogP contribution >= 0.6 is 11.3 Å². The van der Waals surface area contributed by atoms with Crippen molar-refractivity contribution in [2.75, 3.05) is 26.2 Å². The number of benzene rings is 1. The Kier molecular flexibility index (Phi) is 6.23. The average Bonchev–Trinajstić information content (AvgIpc) is 3.15. The molecule has 1 aliphatic heterocycles. The van der Waals surface area contributed by atoms with Gasteiger partial charge in [0.2, 0.25) is 10.0 Å². The number of aryl methyl sites for hydroxylation is 2. The largest absolute Gasteiger partial charge is 0.335 e. The van der Waals surface area contributed by atoms with Crippen LogP contribution in [0.3, 0.4) is 0 Å². The highest BCUT2D eigenvalue weighted by molar-refractivity contribution is 7.89. The van der Waals surface area contributed by atoms with Gasteiger partial charge in [0.15, 0.2) is 0 Å². The van der Waals surface area contributed by atoms with E-state index >= 15 is 0 Å². The Balaban J connectivity index is 1.45. The topological polar surface area (TPSA) is 81.5 Å². The highest BCUT2D eigenvalue weighted by atomic mass is 32.2. The van der Waals surface area contributed by atoms with Gasteiger partial charge >= 0.3 is 0 Å². The average molecular weight is 444 g/mol. The van der Waals surface area contributed by atoms with Gasteiger partial charge in [-0.15, -0.1) is 11.3 Å². The van der Waals surface area contributed by atoms with Crippen LogP contribution in [0.4, 0.5) is 0 Å². The lowest BCUT2D eigenvalue weighted by Crippen LogP contribution is -2.50. The standard InChI is InChI=1S/C22H25N3O3S2/c23-16-18-8-5-6-10-21(18)30(27,28)25-13-11-24(12-14-25)22(26)20-15-17-7-3-1-2-4-9-19(17)29-20/h5-6,8,10,15H,1-4,7,9,11-14H2. The zero-order chi connectivity index (χ0) is 21.1. The molecule has 8 heteroatoms. The lowest BCUT2D eigenvalue weighted by atomic mass is 10.00. The van der Waals surface area contributed by atoms with Crippen LogP contribution in [0.5, 0.6) is 0 Å². The van der Waals surface area contributed by atoms with Crippen LogP contribution in [0, 0.1) is 11.3 Å². The molecule has 2 heterocycles. The normalized spacial score (nSPS) is 18.2. The maximum Gasteiger partial charge on any atom is 0.264 e. The van der Waals surface area contributed by atoms with Gasteiger partial charge in [-0.25, -0.2) is 8.42 Å². The first-order valence-electron chi connectivity index (χ1n) is 10.4. The predicted octanol–water partition coefficient (Wildman–Crippen LogP) is 3.43. The maximum absolute atomic E-state index is 13.0. The molecule has 4 rings (SSSR count). The van der Waals surface area contributed by atoms with Gasteiger partial charge in [0.1, 0.15) is 6.07 Å². The van der Waals surface area contributed by atoms with Crippen molar-refractivity contribution >= 4 is 27.3 Å². The summed E-state index contributed by atoms with van der Waals surface area (Å²) in [5.41, 5.74) is 1.46. The Morgan fingerprint density at radius 2 is 1.70 bits per heavy atom. The second-order valence-corrected chi connectivity index (χ2v) is 10.8. The minimum Gasteiger partial charge on any atom is -0.335 e. The molecular formula is C22H25N3O3S2. The molecule has 0 bridgehead atoms. The van der Waals surface area contributed by atoms with E-state index in [1.807, 2.05) is 6.07 Å². The summed E-state index contributed by atoms with van der Waals surface area (Å²) in [6.45, 7) is 1.18. The molecular weight excluding hydrogens is 418 g/mol. The lowest BCUT2D eigenvalue weighted by molar-refractivity contribution is 0.0702. The molecule has 2 aliphatic rings. The number of rotatable bonds is 3. The first-order valence-corrected chi connectivity index (χ1v) is 12.7. The van der Waals surface area contributed by atoms with Crippen molar-refractivity contribution in [3.63, 3.8) is 0 Å². The molecule has 2 aromatic rings. The Labute approximate surface area is 181 Å². The number of piperazine rings is 1. The highest BCUT2D eigenvalue weighted by Crippen LogP contribution is 2.30. The van der Waals surface area contributed by atoms with Crippen LogP contribution in [-0.2, 0) is 22.9 Å². The molecule has 0 spiro atoms. The molecule has 1 aromatic carbocycles. The summed E-state index contributed by atoms with van der Waals surface area (Å²) in [5, 5.41) is 9.24. The van der Waals surface area contributed by atoms with E-state index in [2.05, 4.69) is 6.07 Å². The molecule has 1 saturated heterocycles. The molecule has 1 amide bonds. The quantitative estimate of drug-likeness (QED) is 0.728.